The van der Waals surface area contributed by atoms with Crippen LogP contribution in [0.5, 0.6) is 0 Å². The van der Waals surface area contributed by atoms with Crippen LogP contribution in [0.1, 0.15) is 27.7 Å². The van der Waals surface area contributed by atoms with Crippen molar-refractivity contribution in [2.75, 3.05) is 52.7 Å². The molecule has 0 atom stereocenters. The Kier molecular flexibility index (Phi) is 12.0. The third-order valence-electron chi connectivity index (χ3n) is 2.63. The lowest BCUT2D eigenvalue weighted by molar-refractivity contribution is -0.141. The van der Waals surface area contributed by atoms with E-state index >= 15 is 0 Å². The Hall–Kier alpha value is -0.270. The highest BCUT2D eigenvalue weighted by Gasteiger charge is 2.34. The van der Waals surface area contributed by atoms with E-state index < -0.39 is 21.2 Å². The molecule has 0 aliphatic heterocycles. The SMILES string of the molecule is CCOP(=O)(CN(CC(=O)OC)CP(=O)(OCC)OCC)OCC. The van der Waals surface area contributed by atoms with Gasteiger partial charge in [0, 0.05) is 0 Å². The van der Waals surface area contributed by atoms with Gasteiger partial charge in [-0.3, -0.25) is 18.8 Å². The lowest BCUT2D eigenvalue weighted by Crippen LogP contribution is -2.33. The molecule has 9 nitrogen and oxygen atoms in total. The van der Waals surface area contributed by atoms with Crippen LogP contribution in [0.2, 0.25) is 0 Å². The number of carbonyl (C=O) groups is 1. The molecule has 0 N–H and O–H groups in total. The van der Waals surface area contributed by atoms with E-state index in [1.807, 2.05) is 0 Å². The van der Waals surface area contributed by atoms with Crippen LogP contribution < -0.4 is 0 Å². The Morgan fingerprint density at radius 3 is 1.38 bits per heavy atom. The number of carbonyl (C=O) groups excluding carboxylic acids is 1. The number of nitrogens with zero attached hydrogens (tertiary/aromatic N) is 1. The maximum atomic E-state index is 12.7. The molecule has 0 radical (unpaired) electrons. The average Bonchev–Trinajstić information content (AvgIpc) is 2.47. The van der Waals surface area contributed by atoms with Gasteiger partial charge in [0.25, 0.3) is 0 Å². The van der Waals surface area contributed by atoms with Gasteiger partial charge in [-0.25, -0.2) is 0 Å². The minimum absolute atomic E-state index is 0.178. The molecule has 0 aliphatic carbocycles. The van der Waals surface area contributed by atoms with Crippen molar-refractivity contribution in [3.8, 4) is 0 Å². The van der Waals surface area contributed by atoms with Gasteiger partial charge < -0.3 is 22.8 Å². The van der Waals surface area contributed by atoms with Gasteiger partial charge >= 0.3 is 21.2 Å². The van der Waals surface area contributed by atoms with E-state index in [-0.39, 0.29) is 45.5 Å². The van der Waals surface area contributed by atoms with Gasteiger partial charge in [0.2, 0.25) is 0 Å². The van der Waals surface area contributed by atoms with Gasteiger partial charge in [-0.2, -0.15) is 0 Å². The van der Waals surface area contributed by atoms with Gasteiger partial charge in [0.15, 0.2) is 0 Å². The Bertz CT molecular complexity index is 407. The molecular weight excluding hydrogens is 360 g/mol. The van der Waals surface area contributed by atoms with E-state index in [1.54, 1.807) is 27.7 Å². The zero-order valence-electron chi connectivity index (χ0n) is 15.1. The normalized spacial score (nSPS) is 12.6. The number of esters is 1. The van der Waals surface area contributed by atoms with Crippen LogP contribution in [-0.2, 0) is 36.8 Å². The minimum atomic E-state index is -3.48. The van der Waals surface area contributed by atoms with Gasteiger partial charge in [0.1, 0.15) is 12.6 Å². The predicted octanol–water partition coefficient (Wildman–Crippen LogP) is 2.91. The van der Waals surface area contributed by atoms with Gasteiger partial charge in [-0.15, -0.1) is 0 Å². The monoisotopic (exact) mass is 389 g/mol. The van der Waals surface area contributed by atoms with E-state index in [0.717, 1.165) is 0 Å². The molecule has 0 rings (SSSR count). The van der Waals surface area contributed by atoms with E-state index in [2.05, 4.69) is 4.74 Å². The van der Waals surface area contributed by atoms with E-state index in [4.69, 9.17) is 18.1 Å². The summed E-state index contributed by atoms with van der Waals surface area (Å²) in [6.45, 7) is 7.20. The molecule has 0 bridgehead atoms. The molecule has 0 unspecified atom stereocenters. The predicted molar refractivity (Wildman–Crippen MR) is 90.2 cm³/mol. The summed E-state index contributed by atoms with van der Waals surface area (Å²) in [5, 5.41) is 0. The first-order valence-corrected chi connectivity index (χ1v) is 11.3. The Balaban J connectivity index is 5.31. The summed E-state index contributed by atoms with van der Waals surface area (Å²) in [5.41, 5.74) is 0. The second-order valence-corrected chi connectivity index (χ2v) is 8.62. The summed E-state index contributed by atoms with van der Waals surface area (Å²) in [6.07, 6.45) is -0.457. The summed E-state index contributed by atoms with van der Waals surface area (Å²) in [6, 6.07) is 0. The first-order valence-electron chi connectivity index (χ1n) is 7.83. The molecule has 0 aliphatic rings. The molecular formula is C13H29NO8P2. The summed E-state index contributed by atoms with van der Waals surface area (Å²) < 4.78 is 50.9. The van der Waals surface area contributed by atoms with Crippen molar-refractivity contribution in [2.24, 2.45) is 0 Å². The molecule has 144 valence electrons. The number of hydrogen-bond acceptors (Lipinski definition) is 9. The third kappa shape index (κ3) is 9.28. The van der Waals surface area contributed by atoms with Gasteiger partial charge in [0.05, 0.1) is 40.1 Å². The molecule has 11 heteroatoms. The molecule has 24 heavy (non-hydrogen) atoms. The minimum Gasteiger partial charge on any atom is -0.468 e. The molecule has 0 aromatic heterocycles. The van der Waals surface area contributed by atoms with Crippen LogP contribution in [0.4, 0.5) is 0 Å². The van der Waals surface area contributed by atoms with E-state index in [9.17, 15) is 13.9 Å². The fourth-order valence-corrected chi connectivity index (χ4v) is 5.49. The Labute approximate surface area is 144 Å². The number of hydrogen-bond donors (Lipinski definition) is 0. The van der Waals surface area contributed by atoms with Crippen LogP contribution in [0, 0.1) is 0 Å². The maximum Gasteiger partial charge on any atom is 0.344 e. The van der Waals surface area contributed by atoms with Crippen LogP contribution in [0.3, 0.4) is 0 Å². The maximum absolute atomic E-state index is 12.7. The smallest absolute Gasteiger partial charge is 0.344 e. The summed E-state index contributed by atoms with van der Waals surface area (Å²) in [7, 11) is -5.73. The van der Waals surface area contributed by atoms with Gasteiger partial charge in [-0.05, 0) is 27.7 Å². The molecule has 0 aromatic rings. The first-order chi connectivity index (χ1) is 11.3. The fraction of sp³-hybridized carbons (Fsp3) is 0.923. The highest BCUT2D eigenvalue weighted by Crippen LogP contribution is 2.52. The van der Waals surface area contributed by atoms with Crippen LogP contribution in [0.25, 0.3) is 0 Å². The molecule has 0 amide bonds. The average molecular weight is 389 g/mol. The van der Waals surface area contributed by atoms with Crippen LogP contribution >= 0.6 is 15.2 Å². The van der Waals surface area contributed by atoms with Crippen molar-refractivity contribution in [1.82, 2.24) is 4.90 Å². The van der Waals surface area contributed by atoms with Crippen molar-refractivity contribution in [3.63, 3.8) is 0 Å². The summed E-state index contributed by atoms with van der Waals surface area (Å²) in [5.74, 6) is -0.575. The van der Waals surface area contributed by atoms with Crippen molar-refractivity contribution >= 4 is 21.2 Å². The fourth-order valence-electron chi connectivity index (χ4n) is 1.91. The zero-order valence-corrected chi connectivity index (χ0v) is 16.8. The molecule has 0 saturated carbocycles. The highest BCUT2D eigenvalue weighted by molar-refractivity contribution is 7.54. The third-order valence-corrected chi connectivity index (χ3v) is 6.73. The van der Waals surface area contributed by atoms with Crippen molar-refractivity contribution < 1.29 is 36.8 Å². The number of ether oxygens (including phenoxy) is 1. The highest BCUT2D eigenvalue weighted by atomic mass is 31.2. The first kappa shape index (κ1) is 23.7. The van der Waals surface area contributed by atoms with Crippen molar-refractivity contribution in [3.05, 3.63) is 0 Å². The van der Waals surface area contributed by atoms with E-state index in [0.29, 0.717) is 0 Å². The molecule has 0 heterocycles. The second-order valence-electron chi connectivity index (χ2n) is 4.58. The molecule has 0 aromatic carbocycles. The van der Waals surface area contributed by atoms with Crippen LogP contribution in [-0.4, -0.2) is 63.5 Å². The summed E-state index contributed by atoms with van der Waals surface area (Å²) >= 11 is 0. The largest absolute Gasteiger partial charge is 0.468 e. The zero-order chi connectivity index (χ0) is 18.6. The lowest BCUT2D eigenvalue weighted by atomic mass is 10.6. The van der Waals surface area contributed by atoms with Gasteiger partial charge in [-0.1, -0.05) is 0 Å². The van der Waals surface area contributed by atoms with Crippen LogP contribution in [0.15, 0.2) is 0 Å². The quantitative estimate of drug-likeness (QED) is 0.328. The molecule has 0 fully saturated rings. The Morgan fingerprint density at radius 2 is 1.12 bits per heavy atom. The molecule has 0 saturated heterocycles. The summed E-state index contributed by atoms with van der Waals surface area (Å²) in [4.78, 5) is 13.0. The van der Waals surface area contributed by atoms with Crippen molar-refractivity contribution in [2.45, 2.75) is 27.7 Å². The Morgan fingerprint density at radius 1 is 0.792 bits per heavy atom. The standard InChI is InChI=1S/C13H29NO8P2/c1-6-19-23(16,20-7-2)11-14(10-13(15)18-5)12-24(17,21-8-3)22-9-4/h6-12H2,1-5H3. The number of rotatable bonds is 14. The lowest BCUT2D eigenvalue weighted by Gasteiger charge is -2.28. The second kappa shape index (κ2) is 12.1. The van der Waals surface area contributed by atoms with Crippen molar-refractivity contribution in [1.29, 1.82) is 0 Å². The van der Waals surface area contributed by atoms with E-state index in [1.165, 1.54) is 12.0 Å². The molecule has 0 spiro atoms. The topological polar surface area (TPSA) is 101 Å². The number of methoxy groups -OCH3 is 1.